The molecule has 31 heavy (non-hydrogen) atoms. The summed E-state index contributed by atoms with van der Waals surface area (Å²) in [6.07, 6.45) is 1.63. The van der Waals surface area contributed by atoms with Crippen LogP contribution in [0.15, 0.2) is 46.9 Å². The summed E-state index contributed by atoms with van der Waals surface area (Å²) in [5.74, 6) is -0.660. The van der Waals surface area contributed by atoms with Gasteiger partial charge in [0.25, 0.3) is 0 Å². The monoisotopic (exact) mass is 452 g/mol. The highest BCUT2D eigenvalue weighted by molar-refractivity contribution is 7.99. The Morgan fingerprint density at radius 3 is 2.65 bits per heavy atom. The standard InChI is InChI=1S/C22H20N4O3S2/c1-13-11-31-22(24-13)26-14(2)8-16(15(26)3)19(27)10-29-21(28)12-30-20-9-23-17-6-4-5-7-18(17)25-20/h4-9,11H,10,12H2,1-3H3. The van der Waals surface area contributed by atoms with Crippen LogP contribution >= 0.6 is 23.1 Å². The maximum Gasteiger partial charge on any atom is 0.316 e. The zero-order chi connectivity index (χ0) is 22.0. The maximum absolute atomic E-state index is 12.7. The Balaban J connectivity index is 1.35. The second-order valence-electron chi connectivity index (χ2n) is 6.96. The molecule has 0 saturated carbocycles. The van der Waals surface area contributed by atoms with Gasteiger partial charge in [-0.1, -0.05) is 23.9 Å². The fourth-order valence-corrected chi connectivity index (χ4v) is 4.74. The van der Waals surface area contributed by atoms with Crippen molar-refractivity contribution in [3.63, 3.8) is 0 Å². The third-order valence-electron chi connectivity index (χ3n) is 4.66. The largest absolute Gasteiger partial charge is 0.457 e. The second-order valence-corrected chi connectivity index (χ2v) is 8.79. The number of aromatic nitrogens is 4. The molecule has 0 radical (unpaired) electrons. The summed E-state index contributed by atoms with van der Waals surface area (Å²) >= 11 is 2.75. The SMILES string of the molecule is Cc1csc(-n2c(C)cc(C(=O)COC(=O)CSc3cnc4ccccc4n3)c2C)n1. The van der Waals surface area contributed by atoms with E-state index in [0.29, 0.717) is 10.6 Å². The maximum atomic E-state index is 12.7. The Morgan fingerprint density at radius 2 is 1.90 bits per heavy atom. The summed E-state index contributed by atoms with van der Waals surface area (Å²) in [5.41, 5.74) is 4.72. The molecule has 0 bridgehead atoms. The summed E-state index contributed by atoms with van der Waals surface area (Å²) in [6.45, 7) is 5.42. The first kappa shape index (κ1) is 21.2. The quantitative estimate of drug-likeness (QED) is 0.234. The molecule has 158 valence electrons. The first-order valence-corrected chi connectivity index (χ1v) is 11.4. The molecule has 0 unspecified atom stereocenters. The average Bonchev–Trinajstić information content (AvgIpc) is 3.32. The molecule has 0 aliphatic rings. The van der Waals surface area contributed by atoms with Crippen molar-refractivity contribution >= 4 is 45.9 Å². The Hall–Kier alpha value is -3.04. The lowest BCUT2D eigenvalue weighted by atomic mass is 10.1. The number of esters is 1. The first-order chi connectivity index (χ1) is 14.9. The van der Waals surface area contributed by atoms with Gasteiger partial charge in [-0.15, -0.1) is 11.3 Å². The van der Waals surface area contributed by atoms with Gasteiger partial charge in [0.05, 0.1) is 28.7 Å². The molecule has 3 aromatic heterocycles. The number of fused-ring (bicyclic) bond motifs is 1. The minimum Gasteiger partial charge on any atom is -0.457 e. The lowest BCUT2D eigenvalue weighted by molar-refractivity contribution is -0.139. The van der Waals surface area contributed by atoms with E-state index in [9.17, 15) is 9.59 Å². The van der Waals surface area contributed by atoms with Crippen LogP contribution in [0, 0.1) is 20.8 Å². The van der Waals surface area contributed by atoms with Crippen molar-refractivity contribution < 1.29 is 14.3 Å². The molecule has 0 spiro atoms. The summed E-state index contributed by atoms with van der Waals surface area (Å²) in [7, 11) is 0. The van der Waals surface area contributed by atoms with Crippen molar-refractivity contribution in [1.82, 2.24) is 19.5 Å². The molecule has 0 atom stereocenters. The van der Waals surface area contributed by atoms with Gasteiger partial charge in [-0.2, -0.15) is 0 Å². The van der Waals surface area contributed by atoms with Gasteiger partial charge >= 0.3 is 5.97 Å². The van der Waals surface area contributed by atoms with E-state index >= 15 is 0 Å². The molecule has 3 heterocycles. The molecule has 4 rings (SSSR count). The topological polar surface area (TPSA) is 87.0 Å². The highest BCUT2D eigenvalue weighted by atomic mass is 32.2. The van der Waals surface area contributed by atoms with Crippen molar-refractivity contribution in [2.24, 2.45) is 0 Å². The zero-order valence-corrected chi connectivity index (χ0v) is 18.9. The predicted octanol–water partition coefficient (Wildman–Crippen LogP) is 4.32. The van der Waals surface area contributed by atoms with E-state index in [0.717, 1.165) is 33.2 Å². The van der Waals surface area contributed by atoms with E-state index in [2.05, 4.69) is 15.0 Å². The number of Topliss-reactive ketones (excluding diaryl/α,β-unsaturated/α-hetero) is 1. The Kier molecular flexibility index (Phi) is 6.15. The zero-order valence-electron chi connectivity index (χ0n) is 17.3. The van der Waals surface area contributed by atoms with Gasteiger partial charge < -0.3 is 4.74 Å². The van der Waals surface area contributed by atoms with Crippen molar-refractivity contribution in [2.45, 2.75) is 25.8 Å². The number of para-hydroxylation sites is 2. The van der Waals surface area contributed by atoms with Crippen LogP contribution < -0.4 is 0 Å². The number of thiazole rings is 1. The Morgan fingerprint density at radius 1 is 1.13 bits per heavy atom. The van der Waals surface area contributed by atoms with Crippen LogP contribution in [-0.4, -0.2) is 43.6 Å². The number of ether oxygens (including phenoxy) is 1. The number of carbonyl (C=O) groups excluding carboxylic acids is 2. The van der Waals surface area contributed by atoms with E-state index in [1.54, 1.807) is 6.20 Å². The number of ketones is 1. The molecule has 0 aliphatic heterocycles. The molecule has 0 amide bonds. The Bertz CT molecular complexity index is 1280. The minimum absolute atomic E-state index is 0.0533. The van der Waals surface area contributed by atoms with Crippen LogP contribution in [0.4, 0.5) is 0 Å². The molecule has 0 saturated heterocycles. The summed E-state index contributed by atoms with van der Waals surface area (Å²) in [4.78, 5) is 38.1. The number of aryl methyl sites for hydroxylation is 2. The normalized spacial score (nSPS) is 11.1. The Labute approximate surface area is 187 Å². The van der Waals surface area contributed by atoms with Crippen LogP contribution in [0.25, 0.3) is 16.2 Å². The van der Waals surface area contributed by atoms with Crippen LogP contribution in [-0.2, 0) is 9.53 Å². The van der Waals surface area contributed by atoms with Crippen molar-refractivity contribution in [3.8, 4) is 5.13 Å². The summed E-state index contributed by atoms with van der Waals surface area (Å²) < 4.78 is 7.15. The lowest BCUT2D eigenvalue weighted by Crippen LogP contribution is -2.16. The highest BCUT2D eigenvalue weighted by Gasteiger charge is 2.19. The smallest absolute Gasteiger partial charge is 0.316 e. The second kappa shape index (κ2) is 8.99. The van der Waals surface area contributed by atoms with Gasteiger partial charge in [0, 0.05) is 22.3 Å². The first-order valence-electron chi connectivity index (χ1n) is 9.57. The van der Waals surface area contributed by atoms with Gasteiger partial charge in [-0.3, -0.25) is 19.1 Å². The minimum atomic E-state index is -0.474. The van der Waals surface area contributed by atoms with E-state index in [1.807, 2.05) is 61.1 Å². The number of thioether (sulfide) groups is 1. The van der Waals surface area contributed by atoms with E-state index in [-0.39, 0.29) is 18.1 Å². The third-order valence-corrected chi connectivity index (χ3v) is 6.47. The van der Waals surface area contributed by atoms with Crippen LogP contribution in [0.1, 0.15) is 27.4 Å². The van der Waals surface area contributed by atoms with Crippen molar-refractivity contribution in [1.29, 1.82) is 0 Å². The molecule has 0 N–H and O–H groups in total. The fourth-order valence-electron chi connectivity index (χ4n) is 3.19. The molecule has 1 aromatic carbocycles. The van der Waals surface area contributed by atoms with Crippen LogP contribution in [0.5, 0.6) is 0 Å². The number of hydrogen-bond donors (Lipinski definition) is 0. The van der Waals surface area contributed by atoms with E-state index in [4.69, 9.17) is 4.74 Å². The molecule has 7 nitrogen and oxygen atoms in total. The summed E-state index contributed by atoms with van der Waals surface area (Å²) in [6, 6.07) is 9.34. The van der Waals surface area contributed by atoms with Crippen molar-refractivity contribution in [3.05, 3.63) is 64.6 Å². The highest BCUT2D eigenvalue weighted by Crippen LogP contribution is 2.24. The van der Waals surface area contributed by atoms with Crippen LogP contribution in [0.2, 0.25) is 0 Å². The number of hydrogen-bond acceptors (Lipinski definition) is 8. The molecular formula is C22H20N4O3S2. The number of benzene rings is 1. The van der Waals surface area contributed by atoms with Crippen LogP contribution in [0.3, 0.4) is 0 Å². The van der Waals surface area contributed by atoms with Crippen molar-refractivity contribution in [2.75, 3.05) is 12.4 Å². The van der Waals surface area contributed by atoms with E-state index < -0.39 is 5.97 Å². The van der Waals surface area contributed by atoms with Gasteiger partial charge in [-0.25, -0.2) is 9.97 Å². The number of rotatable bonds is 7. The lowest BCUT2D eigenvalue weighted by Gasteiger charge is -2.06. The van der Waals surface area contributed by atoms with Gasteiger partial charge in [0.1, 0.15) is 5.03 Å². The number of nitrogens with zero attached hydrogens (tertiary/aromatic N) is 4. The average molecular weight is 453 g/mol. The molecule has 0 aliphatic carbocycles. The number of carbonyl (C=O) groups is 2. The molecule has 4 aromatic rings. The van der Waals surface area contributed by atoms with E-state index in [1.165, 1.54) is 23.1 Å². The summed E-state index contributed by atoms with van der Waals surface area (Å²) in [5, 5.41) is 3.41. The fraction of sp³-hybridized carbons (Fsp3) is 0.227. The molecule has 9 heteroatoms. The van der Waals surface area contributed by atoms with Gasteiger partial charge in [0.2, 0.25) is 5.78 Å². The predicted molar refractivity (Wildman–Crippen MR) is 121 cm³/mol. The molecular weight excluding hydrogens is 432 g/mol. The third kappa shape index (κ3) is 4.67. The van der Waals surface area contributed by atoms with Gasteiger partial charge in [-0.05, 0) is 39.0 Å². The van der Waals surface area contributed by atoms with Gasteiger partial charge in [0.15, 0.2) is 11.7 Å². The molecule has 0 fully saturated rings.